The minimum atomic E-state index is 0.0167. The van der Waals surface area contributed by atoms with Gasteiger partial charge in [-0.3, -0.25) is 4.79 Å². The highest BCUT2D eigenvalue weighted by molar-refractivity contribution is 8.00. The number of rotatable bonds is 6. The van der Waals surface area contributed by atoms with Crippen LogP contribution in [0.1, 0.15) is 44.1 Å². The second-order valence-electron chi connectivity index (χ2n) is 9.42. The lowest BCUT2D eigenvalue weighted by Gasteiger charge is -2.56. The maximum atomic E-state index is 12.9. The third-order valence-electron chi connectivity index (χ3n) is 7.15. The molecule has 160 valence electrons. The predicted molar refractivity (Wildman–Crippen MR) is 121 cm³/mol. The highest BCUT2D eigenvalue weighted by Gasteiger charge is 2.51. The van der Waals surface area contributed by atoms with Crippen molar-refractivity contribution in [2.75, 3.05) is 12.9 Å². The topological polar surface area (TPSA) is 75.0 Å². The number of thioether (sulfide) groups is 1. The standard InChI is InChI=1S/C25H27N3O2S/c1-30-21-5-2-19(3-6-21)22-7-4-20(14-26)24(27-22)31-15-23(29)28-25-11-16-8-17(12-25)10-18(9-16)13-25/h2-7,16-18H,8-13,15H2,1H3,(H,28,29). The molecule has 0 unspecified atom stereocenters. The van der Waals surface area contributed by atoms with Crippen molar-refractivity contribution in [3.8, 4) is 23.1 Å². The molecular formula is C25H27N3O2S. The zero-order valence-electron chi connectivity index (χ0n) is 17.8. The van der Waals surface area contributed by atoms with Crippen molar-refractivity contribution in [1.29, 1.82) is 5.26 Å². The van der Waals surface area contributed by atoms with Gasteiger partial charge in [0, 0.05) is 11.1 Å². The fourth-order valence-electron chi connectivity index (χ4n) is 6.29. The molecule has 1 aromatic heterocycles. The Morgan fingerprint density at radius 3 is 2.35 bits per heavy atom. The summed E-state index contributed by atoms with van der Waals surface area (Å²) in [6, 6.07) is 13.5. The Morgan fingerprint density at radius 2 is 1.77 bits per heavy atom. The Balaban J connectivity index is 1.27. The van der Waals surface area contributed by atoms with E-state index in [-0.39, 0.29) is 17.2 Å². The Bertz CT molecular complexity index is 993. The first-order chi connectivity index (χ1) is 15.1. The molecule has 0 spiro atoms. The molecule has 1 aromatic carbocycles. The van der Waals surface area contributed by atoms with Gasteiger partial charge in [-0.2, -0.15) is 5.26 Å². The highest BCUT2D eigenvalue weighted by atomic mass is 32.2. The molecule has 2 aromatic rings. The first-order valence-electron chi connectivity index (χ1n) is 11.1. The minimum absolute atomic E-state index is 0.0167. The monoisotopic (exact) mass is 433 g/mol. The average Bonchev–Trinajstić information content (AvgIpc) is 2.76. The summed E-state index contributed by atoms with van der Waals surface area (Å²) >= 11 is 1.35. The van der Waals surface area contributed by atoms with Crippen LogP contribution in [0.5, 0.6) is 5.75 Å². The minimum Gasteiger partial charge on any atom is -0.497 e. The molecule has 5 nitrogen and oxygen atoms in total. The number of carbonyl (C=O) groups excluding carboxylic acids is 1. The van der Waals surface area contributed by atoms with Crippen molar-refractivity contribution < 1.29 is 9.53 Å². The van der Waals surface area contributed by atoms with Crippen LogP contribution in [0.2, 0.25) is 0 Å². The summed E-state index contributed by atoms with van der Waals surface area (Å²) in [6.45, 7) is 0. The number of carbonyl (C=O) groups is 1. The van der Waals surface area contributed by atoms with Gasteiger partial charge in [-0.15, -0.1) is 0 Å². The summed E-state index contributed by atoms with van der Waals surface area (Å²) in [5.41, 5.74) is 2.25. The number of nitrogens with zero attached hydrogens (tertiary/aromatic N) is 2. The number of hydrogen-bond acceptors (Lipinski definition) is 5. The fourth-order valence-corrected chi connectivity index (χ4v) is 7.06. The quantitative estimate of drug-likeness (QED) is 0.662. The van der Waals surface area contributed by atoms with Crippen molar-refractivity contribution >= 4 is 17.7 Å². The molecule has 4 bridgehead atoms. The third-order valence-corrected chi connectivity index (χ3v) is 8.14. The van der Waals surface area contributed by atoms with Crippen LogP contribution in [-0.2, 0) is 4.79 Å². The van der Waals surface area contributed by atoms with Crippen LogP contribution in [0.3, 0.4) is 0 Å². The molecule has 4 saturated carbocycles. The van der Waals surface area contributed by atoms with E-state index >= 15 is 0 Å². The molecule has 1 N–H and O–H groups in total. The fraction of sp³-hybridized carbons (Fsp3) is 0.480. The molecule has 4 aliphatic rings. The first-order valence-corrected chi connectivity index (χ1v) is 12.0. The van der Waals surface area contributed by atoms with Gasteiger partial charge in [-0.1, -0.05) is 11.8 Å². The summed E-state index contributed by atoms with van der Waals surface area (Å²) in [5.74, 6) is 3.53. The number of methoxy groups -OCH3 is 1. The SMILES string of the molecule is COc1ccc(-c2ccc(C#N)c(SCC(=O)NC34CC5CC(CC(C5)C3)C4)n2)cc1. The second-order valence-corrected chi connectivity index (χ2v) is 10.4. The zero-order valence-corrected chi connectivity index (χ0v) is 18.6. The largest absolute Gasteiger partial charge is 0.497 e. The number of pyridine rings is 1. The highest BCUT2D eigenvalue weighted by Crippen LogP contribution is 2.55. The van der Waals surface area contributed by atoms with Crippen molar-refractivity contribution in [3.63, 3.8) is 0 Å². The van der Waals surface area contributed by atoms with E-state index in [4.69, 9.17) is 4.74 Å². The third kappa shape index (κ3) is 4.16. The van der Waals surface area contributed by atoms with Crippen molar-refractivity contribution in [3.05, 3.63) is 42.0 Å². The molecule has 4 fully saturated rings. The van der Waals surface area contributed by atoms with Gasteiger partial charge in [-0.25, -0.2) is 4.98 Å². The van der Waals surface area contributed by atoms with E-state index in [1.54, 1.807) is 13.2 Å². The summed E-state index contributed by atoms with van der Waals surface area (Å²) in [6.07, 6.45) is 7.50. The average molecular weight is 434 g/mol. The second kappa shape index (κ2) is 8.20. The van der Waals surface area contributed by atoms with Gasteiger partial charge in [0.25, 0.3) is 0 Å². The number of nitriles is 1. The van der Waals surface area contributed by atoms with Crippen LogP contribution < -0.4 is 10.1 Å². The molecule has 0 saturated heterocycles. The van der Waals surface area contributed by atoms with Gasteiger partial charge in [-0.05, 0) is 92.7 Å². The molecule has 0 atom stereocenters. The molecule has 0 radical (unpaired) electrons. The summed E-state index contributed by atoms with van der Waals surface area (Å²) < 4.78 is 5.22. The van der Waals surface area contributed by atoms with Crippen LogP contribution in [0.4, 0.5) is 0 Å². The molecule has 6 heteroatoms. The summed E-state index contributed by atoms with van der Waals surface area (Å²) in [5, 5.41) is 13.5. The van der Waals surface area contributed by atoms with Crippen LogP contribution in [0.25, 0.3) is 11.3 Å². The zero-order chi connectivity index (χ0) is 21.4. The number of ether oxygens (including phenoxy) is 1. The number of aromatic nitrogens is 1. The number of benzene rings is 1. The molecule has 1 amide bonds. The smallest absolute Gasteiger partial charge is 0.230 e. The van der Waals surface area contributed by atoms with E-state index < -0.39 is 0 Å². The Morgan fingerprint density at radius 1 is 1.13 bits per heavy atom. The van der Waals surface area contributed by atoms with E-state index in [2.05, 4.69) is 16.4 Å². The lowest BCUT2D eigenvalue weighted by Crippen LogP contribution is -2.60. The number of amides is 1. The van der Waals surface area contributed by atoms with Gasteiger partial charge >= 0.3 is 0 Å². The molecule has 0 aliphatic heterocycles. The predicted octanol–water partition coefficient (Wildman–Crippen LogP) is 4.81. The Kier molecular flexibility index (Phi) is 5.39. The summed E-state index contributed by atoms with van der Waals surface area (Å²) in [7, 11) is 1.64. The Hall–Kier alpha value is -2.52. The van der Waals surface area contributed by atoms with Gasteiger partial charge in [0.05, 0.1) is 24.1 Å². The van der Waals surface area contributed by atoms with E-state index in [1.165, 1.54) is 31.0 Å². The normalized spacial score (nSPS) is 28.2. The lowest BCUT2D eigenvalue weighted by molar-refractivity contribution is -0.124. The van der Waals surface area contributed by atoms with E-state index in [0.717, 1.165) is 54.0 Å². The number of nitrogens with one attached hydrogen (secondary N) is 1. The maximum absolute atomic E-state index is 12.9. The molecule has 4 aliphatic carbocycles. The summed E-state index contributed by atoms with van der Waals surface area (Å²) in [4.78, 5) is 17.6. The van der Waals surface area contributed by atoms with E-state index in [1.807, 2.05) is 30.3 Å². The Labute approximate surface area is 187 Å². The number of hydrogen-bond donors (Lipinski definition) is 1. The van der Waals surface area contributed by atoms with Crippen molar-refractivity contribution in [2.24, 2.45) is 17.8 Å². The van der Waals surface area contributed by atoms with E-state index in [0.29, 0.717) is 10.6 Å². The molecule has 6 rings (SSSR count). The lowest BCUT2D eigenvalue weighted by atomic mass is 9.53. The first kappa shape index (κ1) is 20.4. The van der Waals surface area contributed by atoms with Crippen LogP contribution in [0, 0.1) is 29.1 Å². The van der Waals surface area contributed by atoms with Gasteiger partial charge < -0.3 is 10.1 Å². The van der Waals surface area contributed by atoms with Crippen LogP contribution in [0.15, 0.2) is 41.4 Å². The molecular weight excluding hydrogens is 406 g/mol. The maximum Gasteiger partial charge on any atom is 0.230 e. The molecule has 1 heterocycles. The van der Waals surface area contributed by atoms with Crippen molar-refractivity contribution in [2.45, 2.75) is 49.1 Å². The van der Waals surface area contributed by atoms with Gasteiger partial charge in [0.15, 0.2) is 0 Å². The van der Waals surface area contributed by atoms with Gasteiger partial charge in [0.2, 0.25) is 5.91 Å². The van der Waals surface area contributed by atoms with E-state index in [9.17, 15) is 10.1 Å². The van der Waals surface area contributed by atoms with Crippen LogP contribution in [-0.4, -0.2) is 29.3 Å². The van der Waals surface area contributed by atoms with Gasteiger partial charge in [0.1, 0.15) is 16.8 Å². The van der Waals surface area contributed by atoms with Crippen LogP contribution >= 0.6 is 11.8 Å². The van der Waals surface area contributed by atoms with Crippen molar-refractivity contribution in [1.82, 2.24) is 10.3 Å². The molecule has 31 heavy (non-hydrogen) atoms.